The number of Topliss-reactive ketones (excluding diaryl/α,β-unsaturated/α-hetero) is 1. The number of ketones is 1. The predicted octanol–water partition coefficient (Wildman–Crippen LogP) is 2.19. The van der Waals surface area contributed by atoms with Crippen LogP contribution in [0.3, 0.4) is 0 Å². The summed E-state index contributed by atoms with van der Waals surface area (Å²) in [7, 11) is 1.86. The topological polar surface area (TPSA) is 40.5 Å². The van der Waals surface area contributed by atoms with Crippen LogP contribution in [0.25, 0.3) is 0 Å². The Labute approximate surface area is 94.5 Å². The lowest BCUT2D eigenvalue weighted by Crippen LogP contribution is -2.17. The van der Waals surface area contributed by atoms with Crippen molar-refractivity contribution in [3.8, 4) is 5.75 Å². The van der Waals surface area contributed by atoms with E-state index in [4.69, 9.17) is 0 Å². The Kier molecular flexibility index (Phi) is 4.01. The van der Waals surface area contributed by atoms with Crippen molar-refractivity contribution in [2.24, 2.45) is 0 Å². The minimum Gasteiger partial charge on any atom is -0.507 e. The van der Waals surface area contributed by atoms with E-state index in [1.165, 1.54) is 13.0 Å². The highest BCUT2D eigenvalue weighted by molar-refractivity contribution is 5.97. The largest absolute Gasteiger partial charge is 0.507 e. The molecule has 0 saturated heterocycles. The summed E-state index contributed by atoms with van der Waals surface area (Å²) in [6.07, 6.45) is 0. The van der Waals surface area contributed by atoms with E-state index in [1.807, 2.05) is 18.9 Å². The Balaban J connectivity index is 3.14. The Morgan fingerprint density at radius 1 is 1.50 bits per heavy atom. The zero-order valence-electron chi connectivity index (χ0n) is 9.75. The van der Waals surface area contributed by atoms with Gasteiger partial charge in [0.25, 0.3) is 0 Å². The summed E-state index contributed by atoms with van der Waals surface area (Å²) in [5.41, 5.74) is 0.481. The number of hydrogen-bond acceptors (Lipinski definition) is 3. The number of halogens is 1. The third kappa shape index (κ3) is 2.79. The molecule has 0 amide bonds. The summed E-state index contributed by atoms with van der Waals surface area (Å²) in [5.74, 6) is -0.950. The summed E-state index contributed by atoms with van der Waals surface area (Å²) in [5, 5.41) is 9.81. The van der Waals surface area contributed by atoms with Crippen molar-refractivity contribution in [1.82, 2.24) is 4.90 Å². The lowest BCUT2D eigenvalue weighted by atomic mass is 10.1. The second-order valence-electron chi connectivity index (χ2n) is 3.85. The highest BCUT2D eigenvalue weighted by atomic mass is 19.1. The Morgan fingerprint density at radius 2 is 2.12 bits per heavy atom. The van der Waals surface area contributed by atoms with Crippen LogP contribution < -0.4 is 0 Å². The number of benzene rings is 1. The minimum absolute atomic E-state index is 0.0412. The molecule has 0 unspecified atom stereocenters. The second-order valence-corrected chi connectivity index (χ2v) is 3.85. The van der Waals surface area contributed by atoms with Crippen molar-refractivity contribution >= 4 is 5.78 Å². The molecule has 0 aromatic heterocycles. The molecule has 0 heterocycles. The standard InChI is InChI=1S/C12H16FNO2/c1-4-14(3)7-9-5-10(13)6-11(8(2)15)12(9)16/h5-6,16H,4,7H2,1-3H3. The zero-order chi connectivity index (χ0) is 12.3. The van der Waals surface area contributed by atoms with E-state index < -0.39 is 5.82 Å². The van der Waals surface area contributed by atoms with Gasteiger partial charge in [-0.2, -0.15) is 0 Å². The van der Waals surface area contributed by atoms with Crippen LogP contribution in [0.5, 0.6) is 5.75 Å². The molecular weight excluding hydrogens is 209 g/mol. The van der Waals surface area contributed by atoms with Gasteiger partial charge in [-0.1, -0.05) is 6.92 Å². The van der Waals surface area contributed by atoms with Crippen molar-refractivity contribution in [3.05, 3.63) is 29.1 Å². The van der Waals surface area contributed by atoms with Crippen molar-refractivity contribution < 1.29 is 14.3 Å². The van der Waals surface area contributed by atoms with Gasteiger partial charge in [0.15, 0.2) is 5.78 Å². The van der Waals surface area contributed by atoms with Crippen LogP contribution in [-0.4, -0.2) is 29.4 Å². The van der Waals surface area contributed by atoms with Crippen LogP contribution in [0.4, 0.5) is 4.39 Å². The van der Waals surface area contributed by atoms with Gasteiger partial charge in [0.2, 0.25) is 0 Å². The molecule has 0 bridgehead atoms. The molecule has 1 N–H and O–H groups in total. The molecule has 0 saturated carbocycles. The van der Waals surface area contributed by atoms with Crippen molar-refractivity contribution in [2.75, 3.05) is 13.6 Å². The third-order valence-corrected chi connectivity index (χ3v) is 2.51. The molecule has 1 rings (SSSR count). The molecule has 0 atom stereocenters. The first-order valence-corrected chi connectivity index (χ1v) is 5.16. The van der Waals surface area contributed by atoms with Crippen LogP contribution >= 0.6 is 0 Å². The molecule has 0 aliphatic carbocycles. The maximum Gasteiger partial charge on any atom is 0.163 e. The summed E-state index contributed by atoms with van der Waals surface area (Å²) < 4.78 is 13.2. The first-order chi connectivity index (χ1) is 7.45. The van der Waals surface area contributed by atoms with Crippen LogP contribution in [0, 0.1) is 5.82 Å². The molecule has 0 fully saturated rings. The van der Waals surface area contributed by atoms with Gasteiger partial charge in [-0.05, 0) is 32.6 Å². The average Bonchev–Trinajstić information content (AvgIpc) is 2.22. The Bertz CT molecular complexity index is 404. The fourth-order valence-corrected chi connectivity index (χ4v) is 1.45. The number of carbonyl (C=O) groups is 1. The average molecular weight is 225 g/mol. The Morgan fingerprint density at radius 3 is 2.62 bits per heavy atom. The highest BCUT2D eigenvalue weighted by Gasteiger charge is 2.14. The Hall–Kier alpha value is -1.42. The van der Waals surface area contributed by atoms with Crippen molar-refractivity contribution in [3.63, 3.8) is 0 Å². The monoisotopic (exact) mass is 225 g/mol. The number of rotatable bonds is 4. The van der Waals surface area contributed by atoms with Gasteiger partial charge in [0.1, 0.15) is 11.6 Å². The summed E-state index contributed by atoms with van der Waals surface area (Å²) in [6.45, 7) is 4.47. The number of hydrogen-bond donors (Lipinski definition) is 1. The fraction of sp³-hybridized carbons (Fsp3) is 0.417. The molecule has 0 aliphatic heterocycles. The van der Waals surface area contributed by atoms with Gasteiger partial charge in [-0.15, -0.1) is 0 Å². The molecular formula is C12H16FNO2. The number of aromatic hydroxyl groups is 1. The van der Waals surface area contributed by atoms with Gasteiger partial charge in [0, 0.05) is 12.1 Å². The lowest BCUT2D eigenvalue weighted by molar-refractivity contribution is 0.101. The molecule has 4 heteroatoms. The molecule has 1 aromatic rings. The van der Waals surface area contributed by atoms with E-state index >= 15 is 0 Å². The number of phenolic OH excluding ortho intramolecular Hbond substituents is 1. The fourth-order valence-electron chi connectivity index (χ4n) is 1.45. The number of phenols is 1. The van der Waals surface area contributed by atoms with E-state index in [0.29, 0.717) is 12.1 Å². The molecule has 88 valence electrons. The minimum atomic E-state index is -0.498. The van der Waals surface area contributed by atoms with E-state index in [-0.39, 0.29) is 17.1 Å². The molecule has 0 aliphatic rings. The maximum absolute atomic E-state index is 13.2. The van der Waals surface area contributed by atoms with Gasteiger partial charge >= 0.3 is 0 Å². The molecule has 0 radical (unpaired) electrons. The smallest absolute Gasteiger partial charge is 0.163 e. The number of carbonyl (C=O) groups excluding carboxylic acids is 1. The van der Waals surface area contributed by atoms with Crippen molar-refractivity contribution in [2.45, 2.75) is 20.4 Å². The SMILES string of the molecule is CCN(C)Cc1cc(F)cc(C(C)=O)c1O. The van der Waals surface area contributed by atoms with Gasteiger partial charge in [-0.3, -0.25) is 4.79 Å². The summed E-state index contributed by atoms with van der Waals surface area (Å²) in [6, 6.07) is 2.32. The van der Waals surface area contributed by atoms with Crippen LogP contribution in [0.1, 0.15) is 29.8 Å². The zero-order valence-corrected chi connectivity index (χ0v) is 9.75. The van der Waals surface area contributed by atoms with Crippen LogP contribution in [-0.2, 0) is 6.54 Å². The van der Waals surface area contributed by atoms with E-state index in [9.17, 15) is 14.3 Å². The van der Waals surface area contributed by atoms with Crippen LogP contribution in [0.15, 0.2) is 12.1 Å². The van der Waals surface area contributed by atoms with Gasteiger partial charge in [-0.25, -0.2) is 4.39 Å². The highest BCUT2D eigenvalue weighted by Crippen LogP contribution is 2.25. The number of nitrogens with zero attached hydrogens (tertiary/aromatic N) is 1. The quantitative estimate of drug-likeness (QED) is 0.798. The third-order valence-electron chi connectivity index (χ3n) is 2.51. The molecule has 16 heavy (non-hydrogen) atoms. The summed E-state index contributed by atoms with van der Waals surface area (Å²) in [4.78, 5) is 13.1. The lowest BCUT2D eigenvalue weighted by Gasteiger charge is -2.16. The van der Waals surface area contributed by atoms with Gasteiger partial charge in [0.05, 0.1) is 5.56 Å². The normalized spacial score (nSPS) is 10.8. The van der Waals surface area contributed by atoms with E-state index in [1.54, 1.807) is 0 Å². The van der Waals surface area contributed by atoms with Crippen molar-refractivity contribution in [1.29, 1.82) is 0 Å². The van der Waals surface area contributed by atoms with E-state index in [2.05, 4.69) is 0 Å². The summed E-state index contributed by atoms with van der Waals surface area (Å²) >= 11 is 0. The van der Waals surface area contributed by atoms with E-state index in [0.717, 1.165) is 12.6 Å². The van der Waals surface area contributed by atoms with Crippen LogP contribution in [0.2, 0.25) is 0 Å². The molecule has 0 spiro atoms. The molecule has 3 nitrogen and oxygen atoms in total. The predicted molar refractivity (Wildman–Crippen MR) is 60.1 cm³/mol. The second kappa shape index (κ2) is 5.07. The molecule has 1 aromatic carbocycles. The van der Waals surface area contributed by atoms with Gasteiger partial charge < -0.3 is 10.0 Å². The first kappa shape index (κ1) is 12.6. The first-order valence-electron chi connectivity index (χ1n) is 5.16. The maximum atomic E-state index is 13.2.